The monoisotopic (exact) mass is 132 g/mol. The average Bonchev–Trinajstić information content (AvgIpc) is 2.62. The molecule has 1 fully saturated rings. The maximum absolute atomic E-state index is 2.28. The standard InChI is InChI=1S/C4H8.2C2H6.CH4/c1-4-2-3-4;2*1-2;/h4H,2-3H2,1H3;2*1-2H3;1H4. The zero-order valence-electron chi connectivity index (χ0n) is 6.99. The molecule has 1 saturated carbocycles. The molecule has 0 heterocycles. The van der Waals surface area contributed by atoms with Gasteiger partial charge in [-0.25, -0.2) is 0 Å². The van der Waals surface area contributed by atoms with Crippen LogP contribution in [0.4, 0.5) is 0 Å². The van der Waals surface area contributed by atoms with Gasteiger partial charge in [0.2, 0.25) is 0 Å². The van der Waals surface area contributed by atoms with E-state index >= 15 is 0 Å². The van der Waals surface area contributed by atoms with Gasteiger partial charge in [-0.1, -0.05) is 54.9 Å². The molecule has 0 aromatic rings. The molecule has 0 heteroatoms. The fourth-order valence-corrected chi connectivity index (χ4v) is 0.167. The van der Waals surface area contributed by atoms with Crippen LogP contribution in [0.3, 0.4) is 0 Å². The van der Waals surface area contributed by atoms with Crippen LogP contribution in [0.2, 0.25) is 0 Å². The Labute approximate surface area is 61.7 Å². The summed E-state index contributed by atoms with van der Waals surface area (Å²) < 4.78 is 0. The largest absolute Gasteiger partial charge is 0.0776 e. The van der Waals surface area contributed by atoms with E-state index in [0.29, 0.717) is 0 Å². The topological polar surface area (TPSA) is 0 Å². The molecule has 60 valence electrons. The van der Waals surface area contributed by atoms with Crippen LogP contribution >= 0.6 is 0 Å². The first kappa shape index (κ1) is 16.0. The van der Waals surface area contributed by atoms with E-state index in [9.17, 15) is 0 Å². The molecule has 0 radical (unpaired) electrons. The van der Waals surface area contributed by atoms with Crippen molar-refractivity contribution in [1.82, 2.24) is 0 Å². The van der Waals surface area contributed by atoms with Gasteiger partial charge < -0.3 is 0 Å². The van der Waals surface area contributed by atoms with Crippen molar-refractivity contribution in [3.05, 3.63) is 0 Å². The first-order valence-electron chi connectivity index (χ1n) is 3.89. The van der Waals surface area contributed by atoms with Crippen molar-refractivity contribution in [3.63, 3.8) is 0 Å². The molecule has 0 aromatic carbocycles. The normalized spacial score (nSPS) is 13.0. The third-order valence-electron chi connectivity index (χ3n) is 0.866. The zero-order chi connectivity index (χ0) is 6.99. The molecular formula is C9H24. The molecule has 1 aliphatic carbocycles. The van der Waals surface area contributed by atoms with Crippen molar-refractivity contribution >= 4 is 0 Å². The SMILES string of the molecule is C.CC.CC.CC1CC1. The van der Waals surface area contributed by atoms with Gasteiger partial charge in [0.05, 0.1) is 0 Å². The van der Waals surface area contributed by atoms with Crippen LogP contribution in [0.25, 0.3) is 0 Å². The second-order valence-corrected chi connectivity index (χ2v) is 1.68. The Balaban J connectivity index is -0.0000000651. The van der Waals surface area contributed by atoms with Crippen LogP contribution in [-0.2, 0) is 0 Å². The van der Waals surface area contributed by atoms with Crippen LogP contribution in [0.5, 0.6) is 0 Å². The molecule has 1 rings (SSSR count). The highest BCUT2D eigenvalue weighted by Gasteiger charge is 2.12. The summed E-state index contributed by atoms with van der Waals surface area (Å²) in [7, 11) is 0. The highest BCUT2D eigenvalue weighted by atomic mass is 14.2. The lowest BCUT2D eigenvalue weighted by Crippen LogP contribution is -1.42. The maximum Gasteiger partial charge on any atom is -0.0443 e. The molecule has 9 heavy (non-hydrogen) atoms. The Morgan fingerprint density at radius 1 is 0.889 bits per heavy atom. The van der Waals surface area contributed by atoms with Crippen LogP contribution in [0.1, 0.15) is 54.9 Å². The number of hydrogen-bond acceptors (Lipinski definition) is 0. The fraction of sp³-hybridized carbons (Fsp3) is 1.00. The van der Waals surface area contributed by atoms with Gasteiger partial charge in [-0.05, 0) is 5.92 Å². The molecule has 0 aromatic heterocycles. The molecule has 0 amide bonds. The number of rotatable bonds is 0. The molecule has 0 spiro atoms. The van der Waals surface area contributed by atoms with Gasteiger partial charge in [-0.3, -0.25) is 0 Å². The zero-order valence-corrected chi connectivity index (χ0v) is 6.99. The molecule has 0 nitrogen and oxygen atoms in total. The summed E-state index contributed by atoms with van der Waals surface area (Å²) in [6.07, 6.45) is 2.97. The summed E-state index contributed by atoms with van der Waals surface area (Å²) in [6, 6.07) is 0. The van der Waals surface area contributed by atoms with Crippen LogP contribution in [0, 0.1) is 5.92 Å². The fourth-order valence-electron chi connectivity index (χ4n) is 0.167. The van der Waals surface area contributed by atoms with E-state index in [1.807, 2.05) is 27.7 Å². The Morgan fingerprint density at radius 2 is 1.00 bits per heavy atom. The smallest absolute Gasteiger partial charge is 0.0443 e. The minimum atomic E-state index is 0. The molecule has 1 aliphatic rings. The van der Waals surface area contributed by atoms with Crippen molar-refractivity contribution in [1.29, 1.82) is 0 Å². The molecule has 0 atom stereocenters. The molecular weight excluding hydrogens is 108 g/mol. The summed E-state index contributed by atoms with van der Waals surface area (Å²) >= 11 is 0. The van der Waals surface area contributed by atoms with E-state index in [4.69, 9.17) is 0 Å². The highest BCUT2D eigenvalue weighted by molar-refractivity contribution is 4.65. The Bertz CT molecular complexity index is 19.2. The van der Waals surface area contributed by atoms with Gasteiger partial charge in [-0.15, -0.1) is 0 Å². The average molecular weight is 132 g/mol. The third kappa shape index (κ3) is 32.0. The van der Waals surface area contributed by atoms with Crippen molar-refractivity contribution in [2.75, 3.05) is 0 Å². The lowest BCUT2D eigenvalue weighted by molar-refractivity contribution is 0.983. The summed E-state index contributed by atoms with van der Waals surface area (Å²) in [6.45, 7) is 10.3. The van der Waals surface area contributed by atoms with Crippen LogP contribution in [-0.4, -0.2) is 0 Å². The quantitative estimate of drug-likeness (QED) is 0.465. The van der Waals surface area contributed by atoms with Gasteiger partial charge in [-0.2, -0.15) is 0 Å². The van der Waals surface area contributed by atoms with Gasteiger partial charge in [0.1, 0.15) is 0 Å². The first-order valence-corrected chi connectivity index (χ1v) is 3.89. The highest BCUT2D eigenvalue weighted by Crippen LogP contribution is 2.26. The van der Waals surface area contributed by atoms with E-state index < -0.39 is 0 Å². The lowest BCUT2D eigenvalue weighted by atomic mass is 10.5. The maximum atomic E-state index is 2.28. The Hall–Kier alpha value is 0. The van der Waals surface area contributed by atoms with Crippen molar-refractivity contribution in [2.24, 2.45) is 5.92 Å². The first-order chi connectivity index (χ1) is 3.89. The lowest BCUT2D eigenvalue weighted by Gasteiger charge is -1.53. The Kier molecular flexibility index (Phi) is 27.9. The van der Waals surface area contributed by atoms with Gasteiger partial charge in [0, 0.05) is 0 Å². The molecule has 0 saturated heterocycles. The summed E-state index contributed by atoms with van der Waals surface area (Å²) in [5.41, 5.74) is 0. The van der Waals surface area contributed by atoms with Crippen molar-refractivity contribution in [3.8, 4) is 0 Å². The summed E-state index contributed by atoms with van der Waals surface area (Å²) in [5, 5.41) is 0. The van der Waals surface area contributed by atoms with E-state index in [2.05, 4.69) is 6.92 Å². The minimum absolute atomic E-state index is 0. The minimum Gasteiger partial charge on any atom is -0.0776 e. The van der Waals surface area contributed by atoms with Crippen molar-refractivity contribution in [2.45, 2.75) is 54.9 Å². The van der Waals surface area contributed by atoms with E-state index in [1.165, 1.54) is 12.8 Å². The Morgan fingerprint density at radius 3 is 1.00 bits per heavy atom. The van der Waals surface area contributed by atoms with Crippen molar-refractivity contribution < 1.29 is 0 Å². The predicted molar refractivity (Wildman–Crippen MR) is 47.8 cm³/mol. The molecule has 0 unspecified atom stereocenters. The predicted octanol–water partition coefficient (Wildman–Crippen LogP) is 4.10. The second-order valence-electron chi connectivity index (χ2n) is 1.68. The van der Waals surface area contributed by atoms with Crippen LogP contribution in [0.15, 0.2) is 0 Å². The third-order valence-corrected chi connectivity index (χ3v) is 0.866. The van der Waals surface area contributed by atoms with E-state index in [-0.39, 0.29) is 7.43 Å². The van der Waals surface area contributed by atoms with E-state index in [0.717, 1.165) is 5.92 Å². The summed E-state index contributed by atoms with van der Waals surface area (Å²) in [5.74, 6) is 1.08. The van der Waals surface area contributed by atoms with E-state index in [1.54, 1.807) is 0 Å². The number of hydrogen-bond donors (Lipinski definition) is 0. The van der Waals surface area contributed by atoms with Gasteiger partial charge in [0.25, 0.3) is 0 Å². The second kappa shape index (κ2) is 15.7. The molecule has 0 N–H and O–H groups in total. The van der Waals surface area contributed by atoms with Gasteiger partial charge >= 0.3 is 0 Å². The summed E-state index contributed by atoms with van der Waals surface area (Å²) in [4.78, 5) is 0. The van der Waals surface area contributed by atoms with Crippen LogP contribution < -0.4 is 0 Å². The molecule has 0 aliphatic heterocycles. The molecule has 0 bridgehead atoms. The van der Waals surface area contributed by atoms with Gasteiger partial charge in [0.15, 0.2) is 0 Å².